The monoisotopic (exact) mass is 421 g/mol. The highest BCUT2D eigenvalue weighted by Gasteiger charge is 2.10. The van der Waals surface area contributed by atoms with Gasteiger partial charge in [-0.25, -0.2) is 0 Å². The molecule has 0 unspecified atom stereocenters. The maximum absolute atomic E-state index is 12.4. The zero-order valence-corrected chi connectivity index (χ0v) is 16.7. The molecule has 0 bridgehead atoms. The Morgan fingerprint density at radius 2 is 1.81 bits per heavy atom. The van der Waals surface area contributed by atoms with Gasteiger partial charge < -0.3 is 19.5 Å². The van der Waals surface area contributed by atoms with E-state index in [4.69, 9.17) is 14.2 Å². The smallest absolute Gasteiger partial charge is 0.255 e. The molecule has 1 amide bonds. The molecule has 0 heterocycles. The van der Waals surface area contributed by atoms with Crippen LogP contribution in [0.5, 0.6) is 11.5 Å². The van der Waals surface area contributed by atoms with E-state index >= 15 is 0 Å². The molecule has 0 saturated heterocycles. The van der Waals surface area contributed by atoms with E-state index in [1.165, 1.54) is 0 Å². The molecule has 0 aliphatic rings. The van der Waals surface area contributed by atoms with Crippen LogP contribution in [0, 0.1) is 0 Å². The number of methoxy groups -OCH3 is 1. The van der Waals surface area contributed by atoms with Crippen molar-refractivity contribution in [3.05, 3.63) is 52.5 Å². The lowest BCUT2D eigenvalue weighted by Crippen LogP contribution is -2.12. The molecule has 140 valence electrons. The summed E-state index contributed by atoms with van der Waals surface area (Å²) >= 11 is 3.43. The third-order valence-electron chi connectivity index (χ3n) is 3.62. The van der Waals surface area contributed by atoms with Crippen molar-refractivity contribution in [1.82, 2.24) is 0 Å². The van der Waals surface area contributed by atoms with Crippen molar-refractivity contribution in [2.45, 2.75) is 19.8 Å². The minimum Gasteiger partial charge on any atom is -0.494 e. The number of halogens is 1. The molecule has 0 aliphatic heterocycles. The normalized spacial score (nSPS) is 10.4. The predicted molar refractivity (Wildman–Crippen MR) is 106 cm³/mol. The quantitative estimate of drug-likeness (QED) is 0.553. The number of carbonyl (C=O) groups is 1. The maximum atomic E-state index is 12.4. The van der Waals surface area contributed by atoms with Crippen molar-refractivity contribution in [3.63, 3.8) is 0 Å². The number of anilines is 1. The summed E-state index contributed by atoms with van der Waals surface area (Å²) in [5, 5.41) is 2.88. The Labute approximate surface area is 162 Å². The van der Waals surface area contributed by atoms with Gasteiger partial charge in [0.25, 0.3) is 5.91 Å². The summed E-state index contributed by atoms with van der Waals surface area (Å²) in [6.07, 6.45) is 2.12. The summed E-state index contributed by atoms with van der Waals surface area (Å²) in [4.78, 5) is 12.4. The van der Waals surface area contributed by atoms with Crippen molar-refractivity contribution in [2.24, 2.45) is 0 Å². The number of hydrogen-bond acceptors (Lipinski definition) is 4. The molecule has 2 aromatic rings. The lowest BCUT2D eigenvalue weighted by Gasteiger charge is -2.10. The summed E-state index contributed by atoms with van der Waals surface area (Å²) < 4.78 is 16.9. The van der Waals surface area contributed by atoms with Gasteiger partial charge in [-0.15, -0.1) is 0 Å². The molecular formula is C20H24BrNO4. The zero-order valence-electron chi connectivity index (χ0n) is 15.1. The minimum absolute atomic E-state index is 0.186. The summed E-state index contributed by atoms with van der Waals surface area (Å²) in [6, 6.07) is 12.6. The van der Waals surface area contributed by atoms with E-state index in [1.54, 1.807) is 25.3 Å². The SMILES string of the molecule is CCCCOc1ccc(NC(=O)c2ccc(OCCOC)c(Br)c2)cc1. The highest BCUT2D eigenvalue weighted by molar-refractivity contribution is 9.10. The van der Waals surface area contributed by atoms with Crippen LogP contribution in [0.1, 0.15) is 30.1 Å². The second kappa shape index (κ2) is 10.8. The van der Waals surface area contributed by atoms with Crippen LogP contribution in [-0.4, -0.2) is 32.8 Å². The molecule has 0 aliphatic carbocycles. The Morgan fingerprint density at radius 1 is 1.04 bits per heavy atom. The van der Waals surface area contributed by atoms with Gasteiger partial charge in [0.1, 0.15) is 18.1 Å². The Balaban J connectivity index is 1.93. The molecular weight excluding hydrogens is 398 g/mol. The van der Waals surface area contributed by atoms with E-state index in [1.807, 2.05) is 24.3 Å². The Morgan fingerprint density at radius 3 is 2.46 bits per heavy atom. The fourth-order valence-corrected chi connectivity index (χ4v) is 2.66. The fraction of sp³-hybridized carbons (Fsp3) is 0.350. The second-order valence-electron chi connectivity index (χ2n) is 5.67. The van der Waals surface area contributed by atoms with Crippen LogP contribution in [0.2, 0.25) is 0 Å². The molecule has 1 N–H and O–H groups in total. The van der Waals surface area contributed by atoms with Gasteiger partial charge in [-0.2, -0.15) is 0 Å². The van der Waals surface area contributed by atoms with Gasteiger partial charge in [0.15, 0.2) is 0 Å². The highest BCUT2D eigenvalue weighted by Crippen LogP contribution is 2.26. The van der Waals surface area contributed by atoms with E-state index in [0.717, 1.165) is 28.8 Å². The van der Waals surface area contributed by atoms with Crippen LogP contribution >= 0.6 is 15.9 Å². The van der Waals surface area contributed by atoms with E-state index in [2.05, 4.69) is 28.2 Å². The van der Waals surface area contributed by atoms with Crippen LogP contribution < -0.4 is 14.8 Å². The Hall–Kier alpha value is -2.05. The van der Waals surface area contributed by atoms with Crippen molar-refractivity contribution in [2.75, 3.05) is 32.2 Å². The first-order valence-electron chi connectivity index (χ1n) is 8.59. The average molecular weight is 422 g/mol. The fourth-order valence-electron chi connectivity index (χ4n) is 2.17. The molecule has 2 aromatic carbocycles. The van der Waals surface area contributed by atoms with Gasteiger partial charge in [0, 0.05) is 18.4 Å². The molecule has 2 rings (SSSR count). The number of unbranched alkanes of at least 4 members (excludes halogenated alkanes) is 1. The molecule has 0 radical (unpaired) electrons. The molecule has 0 aromatic heterocycles. The van der Waals surface area contributed by atoms with Gasteiger partial charge in [-0.3, -0.25) is 4.79 Å². The Kier molecular flexibility index (Phi) is 8.44. The number of benzene rings is 2. The van der Waals surface area contributed by atoms with E-state index < -0.39 is 0 Å². The first kappa shape index (κ1) is 20.3. The highest BCUT2D eigenvalue weighted by atomic mass is 79.9. The maximum Gasteiger partial charge on any atom is 0.255 e. The van der Waals surface area contributed by atoms with Gasteiger partial charge >= 0.3 is 0 Å². The van der Waals surface area contributed by atoms with Crippen LogP contribution in [-0.2, 0) is 4.74 Å². The average Bonchev–Trinajstić information content (AvgIpc) is 2.65. The summed E-state index contributed by atoms with van der Waals surface area (Å²) in [7, 11) is 1.62. The third kappa shape index (κ3) is 6.35. The van der Waals surface area contributed by atoms with Gasteiger partial charge in [0.2, 0.25) is 0 Å². The second-order valence-corrected chi connectivity index (χ2v) is 6.52. The van der Waals surface area contributed by atoms with E-state index in [-0.39, 0.29) is 5.91 Å². The lowest BCUT2D eigenvalue weighted by atomic mass is 10.2. The summed E-state index contributed by atoms with van der Waals surface area (Å²) in [5.74, 6) is 1.29. The number of rotatable bonds is 10. The first-order valence-corrected chi connectivity index (χ1v) is 9.39. The van der Waals surface area contributed by atoms with Crippen LogP contribution in [0.3, 0.4) is 0 Å². The van der Waals surface area contributed by atoms with Gasteiger partial charge in [-0.05, 0) is 64.8 Å². The molecule has 0 saturated carbocycles. The minimum atomic E-state index is -0.186. The van der Waals surface area contributed by atoms with Gasteiger partial charge in [0.05, 0.1) is 17.7 Å². The van der Waals surface area contributed by atoms with Crippen molar-refractivity contribution in [3.8, 4) is 11.5 Å². The third-order valence-corrected chi connectivity index (χ3v) is 4.24. The molecule has 5 nitrogen and oxygen atoms in total. The predicted octanol–water partition coefficient (Wildman–Crippen LogP) is 4.91. The Bertz CT molecular complexity index is 703. The summed E-state index contributed by atoms with van der Waals surface area (Å²) in [5.41, 5.74) is 1.26. The van der Waals surface area contributed by atoms with Crippen molar-refractivity contribution < 1.29 is 19.0 Å². The molecule has 6 heteroatoms. The number of carbonyl (C=O) groups excluding carboxylic acids is 1. The first-order chi connectivity index (χ1) is 12.6. The van der Waals surface area contributed by atoms with Crippen molar-refractivity contribution >= 4 is 27.5 Å². The zero-order chi connectivity index (χ0) is 18.8. The van der Waals surface area contributed by atoms with Gasteiger partial charge in [-0.1, -0.05) is 13.3 Å². The van der Waals surface area contributed by atoms with Crippen LogP contribution in [0.25, 0.3) is 0 Å². The van der Waals surface area contributed by atoms with Crippen LogP contribution in [0.4, 0.5) is 5.69 Å². The molecule has 26 heavy (non-hydrogen) atoms. The number of nitrogens with one attached hydrogen (secondary N) is 1. The number of ether oxygens (including phenoxy) is 3. The van der Waals surface area contributed by atoms with Crippen LogP contribution in [0.15, 0.2) is 46.9 Å². The topological polar surface area (TPSA) is 56.8 Å². The lowest BCUT2D eigenvalue weighted by molar-refractivity contribution is 0.102. The van der Waals surface area contributed by atoms with Crippen molar-refractivity contribution in [1.29, 1.82) is 0 Å². The van der Waals surface area contributed by atoms with E-state index in [0.29, 0.717) is 31.1 Å². The number of amides is 1. The molecule has 0 fully saturated rings. The van der Waals surface area contributed by atoms with E-state index in [9.17, 15) is 4.79 Å². The standard InChI is InChI=1S/C20H24BrNO4/c1-3-4-11-25-17-8-6-16(7-9-17)22-20(23)15-5-10-19(18(21)14-15)26-13-12-24-2/h5-10,14H,3-4,11-13H2,1-2H3,(H,22,23). The molecule has 0 atom stereocenters. The largest absolute Gasteiger partial charge is 0.494 e. The number of hydrogen-bond donors (Lipinski definition) is 1. The summed E-state index contributed by atoms with van der Waals surface area (Å²) in [6.45, 7) is 3.79. The molecule has 0 spiro atoms.